The molecule has 1 fully saturated rings. The Morgan fingerprint density at radius 3 is 2.33 bits per heavy atom. The zero-order valence-electron chi connectivity index (χ0n) is 14.7. The molecule has 1 aromatic carbocycles. The van der Waals surface area contributed by atoms with Crippen molar-refractivity contribution in [2.75, 3.05) is 37.6 Å². The van der Waals surface area contributed by atoms with Crippen LogP contribution in [0.3, 0.4) is 0 Å². The number of benzene rings is 1. The lowest BCUT2D eigenvalue weighted by Gasteiger charge is -2.40. The van der Waals surface area contributed by atoms with Crippen molar-refractivity contribution >= 4 is 5.69 Å². The molecule has 1 unspecified atom stereocenters. The van der Waals surface area contributed by atoms with E-state index in [9.17, 15) is 0 Å². The van der Waals surface area contributed by atoms with Gasteiger partial charge in [0.1, 0.15) is 0 Å². The molecule has 0 bridgehead atoms. The SMILES string of the molecule is CC(C)c1ccccc1N1CCN(C(CN)c2ccccn2)CC1. The van der Waals surface area contributed by atoms with Crippen LogP contribution in [0.15, 0.2) is 48.7 Å². The van der Waals surface area contributed by atoms with Crippen LogP contribution in [0.1, 0.15) is 37.1 Å². The summed E-state index contributed by atoms with van der Waals surface area (Å²) in [5, 5.41) is 0. The van der Waals surface area contributed by atoms with E-state index in [1.54, 1.807) is 0 Å². The number of aromatic nitrogens is 1. The number of pyridine rings is 1. The van der Waals surface area contributed by atoms with Crippen LogP contribution in [-0.4, -0.2) is 42.6 Å². The standard InChI is InChI=1S/C20H28N4/c1-16(2)17-7-3-4-9-19(17)23-11-13-24(14-12-23)20(15-21)18-8-5-6-10-22-18/h3-10,16,20H,11-15,21H2,1-2H3. The summed E-state index contributed by atoms with van der Waals surface area (Å²) in [6, 6.07) is 15.1. The van der Waals surface area contributed by atoms with Crippen molar-refractivity contribution < 1.29 is 0 Å². The number of nitrogens with zero attached hydrogens (tertiary/aromatic N) is 3. The minimum Gasteiger partial charge on any atom is -0.369 e. The van der Waals surface area contributed by atoms with Gasteiger partial charge in [-0.2, -0.15) is 0 Å². The number of para-hydroxylation sites is 1. The van der Waals surface area contributed by atoms with Crippen LogP contribution in [-0.2, 0) is 0 Å². The molecule has 0 amide bonds. The van der Waals surface area contributed by atoms with E-state index in [0.717, 1.165) is 31.9 Å². The Balaban J connectivity index is 1.70. The molecule has 1 aliphatic rings. The Morgan fingerprint density at radius 2 is 1.71 bits per heavy atom. The van der Waals surface area contributed by atoms with Crippen molar-refractivity contribution in [2.45, 2.75) is 25.8 Å². The van der Waals surface area contributed by atoms with Gasteiger partial charge in [-0.15, -0.1) is 0 Å². The Morgan fingerprint density at radius 1 is 1.00 bits per heavy atom. The molecule has 128 valence electrons. The second-order valence-electron chi connectivity index (χ2n) is 6.74. The molecule has 2 heterocycles. The molecule has 0 radical (unpaired) electrons. The van der Waals surface area contributed by atoms with Crippen LogP contribution in [0.4, 0.5) is 5.69 Å². The normalized spacial score (nSPS) is 17.2. The fourth-order valence-electron chi connectivity index (χ4n) is 3.57. The molecular weight excluding hydrogens is 296 g/mol. The van der Waals surface area contributed by atoms with E-state index in [1.807, 2.05) is 18.3 Å². The van der Waals surface area contributed by atoms with Crippen molar-refractivity contribution in [3.05, 3.63) is 59.9 Å². The summed E-state index contributed by atoms with van der Waals surface area (Å²) >= 11 is 0. The molecule has 4 nitrogen and oxygen atoms in total. The Bertz CT molecular complexity index is 633. The maximum atomic E-state index is 6.05. The molecule has 1 aliphatic heterocycles. The smallest absolute Gasteiger partial charge is 0.0645 e. The Kier molecular flexibility index (Phi) is 5.48. The van der Waals surface area contributed by atoms with Gasteiger partial charge >= 0.3 is 0 Å². The highest BCUT2D eigenvalue weighted by atomic mass is 15.3. The van der Waals surface area contributed by atoms with E-state index in [1.165, 1.54) is 11.3 Å². The first kappa shape index (κ1) is 16.9. The van der Waals surface area contributed by atoms with Crippen molar-refractivity contribution in [1.29, 1.82) is 0 Å². The largest absolute Gasteiger partial charge is 0.369 e. The van der Waals surface area contributed by atoms with Crippen LogP contribution in [0.25, 0.3) is 0 Å². The van der Waals surface area contributed by atoms with Gasteiger partial charge in [0.05, 0.1) is 11.7 Å². The van der Waals surface area contributed by atoms with E-state index < -0.39 is 0 Å². The summed E-state index contributed by atoms with van der Waals surface area (Å²) in [6.07, 6.45) is 1.85. The van der Waals surface area contributed by atoms with E-state index in [-0.39, 0.29) is 6.04 Å². The molecule has 0 saturated carbocycles. The first-order valence-corrected chi connectivity index (χ1v) is 8.89. The predicted molar refractivity (Wildman–Crippen MR) is 100 cm³/mol. The number of rotatable bonds is 5. The monoisotopic (exact) mass is 324 g/mol. The van der Waals surface area contributed by atoms with Gasteiger partial charge in [0.15, 0.2) is 0 Å². The number of anilines is 1. The van der Waals surface area contributed by atoms with Gasteiger partial charge in [0.2, 0.25) is 0 Å². The van der Waals surface area contributed by atoms with Crippen molar-refractivity contribution in [1.82, 2.24) is 9.88 Å². The van der Waals surface area contributed by atoms with E-state index in [2.05, 4.69) is 59.0 Å². The van der Waals surface area contributed by atoms with Crippen molar-refractivity contribution in [2.24, 2.45) is 5.73 Å². The lowest BCUT2D eigenvalue weighted by Crippen LogP contribution is -2.49. The minimum absolute atomic E-state index is 0.216. The number of piperazine rings is 1. The highest BCUT2D eigenvalue weighted by molar-refractivity contribution is 5.55. The van der Waals surface area contributed by atoms with Gasteiger partial charge < -0.3 is 10.6 Å². The summed E-state index contributed by atoms with van der Waals surface area (Å²) in [5.41, 5.74) is 9.95. The molecule has 1 saturated heterocycles. The summed E-state index contributed by atoms with van der Waals surface area (Å²) in [7, 11) is 0. The lowest BCUT2D eigenvalue weighted by atomic mass is 10.00. The highest BCUT2D eigenvalue weighted by Gasteiger charge is 2.25. The third kappa shape index (κ3) is 3.60. The first-order chi connectivity index (χ1) is 11.7. The fourth-order valence-corrected chi connectivity index (χ4v) is 3.57. The average molecular weight is 324 g/mol. The van der Waals surface area contributed by atoms with Crippen molar-refractivity contribution in [3.63, 3.8) is 0 Å². The topological polar surface area (TPSA) is 45.4 Å². The highest BCUT2D eigenvalue weighted by Crippen LogP contribution is 2.29. The number of hydrogen-bond acceptors (Lipinski definition) is 4. The number of hydrogen-bond donors (Lipinski definition) is 1. The first-order valence-electron chi connectivity index (χ1n) is 8.89. The van der Waals surface area contributed by atoms with Gasteiger partial charge in [0, 0.05) is 44.6 Å². The zero-order chi connectivity index (χ0) is 16.9. The fraction of sp³-hybridized carbons (Fsp3) is 0.450. The van der Waals surface area contributed by atoms with Crippen LogP contribution < -0.4 is 10.6 Å². The van der Waals surface area contributed by atoms with E-state index in [0.29, 0.717) is 12.5 Å². The third-order valence-corrected chi connectivity index (χ3v) is 4.91. The average Bonchev–Trinajstić information content (AvgIpc) is 2.64. The molecule has 2 aromatic rings. The van der Waals surface area contributed by atoms with E-state index >= 15 is 0 Å². The third-order valence-electron chi connectivity index (χ3n) is 4.91. The molecule has 1 atom stereocenters. The maximum absolute atomic E-state index is 6.05. The molecule has 0 aliphatic carbocycles. The molecule has 3 rings (SSSR count). The summed E-state index contributed by atoms with van der Waals surface area (Å²) in [6.45, 7) is 9.25. The van der Waals surface area contributed by atoms with Crippen LogP contribution in [0.5, 0.6) is 0 Å². The molecule has 2 N–H and O–H groups in total. The van der Waals surface area contributed by atoms with Gasteiger partial charge in [-0.3, -0.25) is 9.88 Å². The van der Waals surface area contributed by atoms with Gasteiger partial charge in [-0.1, -0.05) is 38.1 Å². The zero-order valence-corrected chi connectivity index (χ0v) is 14.7. The van der Waals surface area contributed by atoms with E-state index in [4.69, 9.17) is 5.73 Å². The summed E-state index contributed by atoms with van der Waals surface area (Å²) in [4.78, 5) is 9.49. The molecular formula is C20H28N4. The van der Waals surface area contributed by atoms with Crippen LogP contribution in [0.2, 0.25) is 0 Å². The maximum Gasteiger partial charge on any atom is 0.0645 e. The van der Waals surface area contributed by atoms with Gasteiger partial charge in [-0.25, -0.2) is 0 Å². The van der Waals surface area contributed by atoms with Crippen LogP contribution >= 0.6 is 0 Å². The lowest BCUT2D eigenvalue weighted by molar-refractivity contribution is 0.187. The second kappa shape index (κ2) is 7.77. The Labute approximate surface area is 145 Å². The summed E-state index contributed by atoms with van der Waals surface area (Å²) in [5.74, 6) is 0.546. The van der Waals surface area contributed by atoms with Crippen LogP contribution in [0, 0.1) is 0 Å². The quantitative estimate of drug-likeness (QED) is 0.918. The molecule has 24 heavy (non-hydrogen) atoms. The minimum atomic E-state index is 0.216. The molecule has 4 heteroatoms. The van der Waals surface area contributed by atoms with Crippen molar-refractivity contribution in [3.8, 4) is 0 Å². The predicted octanol–water partition coefficient (Wildman–Crippen LogP) is 3.03. The molecule has 0 spiro atoms. The van der Waals surface area contributed by atoms with Gasteiger partial charge in [0.25, 0.3) is 0 Å². The second-order valence-corrected chi connectivity index (χ2v) is 6.74. The molecule has 1 aromatic heterocycles. The summed E-state index contributed by atoms with van der Waals surface area (Å²) < 4.78 is 0. The Hall–Kier alpha value is -1.91. The number of nitrogens with two attached hydrogens (primary N) is 1. The van der Waals surface area contributed by atoms with Gasteiger partial charge in [-0.05, 0) is 29.7 Å².